The van der Waals surface area contributed by atoms with Gasteiger partial charge in [0.15, 0.2) is 5.96 Å². The smallest absolute Gasteiger partial charge is 0.396 e. The first-order valence-electron chi connectivity index (χ1n) is 8.75. The topological polar surface area (TPSA) is 65.9 Å². The van der Waals surface area contributed by atoms with Gasteiger partial charge in [-0.25, -0.2) is 4.99 Å². The number of hydrogen-bond acceptors (Lipinski definition) is 3. The molecule has 27 heavy (non-hydrogen) atoms. The molecular weight excluding hydrogens is 474 g/mol. The Hall–Kier alpha value is -1.07. The molecule has 2 rings (SSSR count). The third-order valence-corrected chi connectivity index (χ3v) is 4.48. The maximum atomic E-state index is 12.8. The molecule has 1 aliphatic heterocycles. The Morgan fingerprint density at radius 2 is 2.11 bits per heavy atom. The van der Waals surface area contributed by atoms with Gasteiger partial charge in [-0.15, -0.1) is 24.0 Å². The quantitative estimate of drug-likeness (QED) is 0.305. The number of hydrogen-bond donors (Lipinski definition) is 3. The van der Waals surface area contributed by atoms with E-state index >= 15 is 0 Å². The van der Waals surface area contributed by atoms with Crippen molar-refractivity contribution in [3.8, 4) is 0 Å². The maximum absolute atomic E-state index is 12.8. The van der Waals surface area contributed by atoms with Crippen molar-refractivity contribution in [2.75, 3.05) is 32.9 Å². The van der Waals surface area contributed by atoms with Gasteiger partial charge in [0.25, 0.3) is 0 Å². The van der Waals surface area contributed by atoms with Crippen LogP contribution in [0.25, 0.3) is 0 Å². The van der Waals surface area contributed by atoms with Crippen LogP contribution >= 0.6 is 24.0 Å². The molecule has 1 fully saturated rings. The number of nitrogens with one attached hydrogen (secondary N) is 2. The molecule has 5 nitrogen and oxygen atoms in total. The van der Waals surface area contributed by atoms with Crippen LogP contribution in [0.4, 0.5) is 13.2 Å². The van der Waals surface area contributed by atoms with Gasteiger partial charge in [-0.05, 0) is 37.5 Å². The van der Waals surface area contributed by atoms with Crippen molar-refractivity contribution < 1.29 is 23.0 Å². The van der Waals surface area contributed by atoms with Crippen LogP contribution < -0.4 is 10.6 Å². The second kappa shape index (κ2) is 11.1. The lowest BCUT2D eigenvalue weighted by molar-refractivity contribution is -0.137. The zero-order valence-corrected chi connectivity index (χ0v) is 17.6. The Morgan fingerprint density at radius 1 is 1.33 bits per heavy atom. The lowest BCUT2D eigenvalue weighted by Gasteiger charge is -2.27. The predicted molar refractivity (Wildman–Crippen MR) is 109 cm³/mol. The van der Waals surface area contributed by atoms with Gasteiger partial charge in [0.05, 0.1) is 18.7 Å². The van der Waals surface area contributed by atoms with Crippen molar-refractivity contribution in [1.29, 1.82) is 0 Å². The molecule has 1 atom stereocenters. The fourth-order valence-electron chi connectivity index (χ4n) is 2.94. The number of ether oxygens (including phenoxy) is 1. The van der Waals surface area contributed by atoms with Crippen LogP contribution in [-0.2, 0) is 17.5 Å². The Balaban J connectivity index is 0.00000364. The van der Waals surface area contributed by atoms with E-state index in [1.54, 1.807) is 6.07 Å². The molecule has 1 aromatic rings. The van der Waals surface area contributed by atoms with Gasteiger partial charge in [-0.1, -0.05) is 12.1 Å². The lowest BCUT2D eigenvalue weighted by Crippen LogP contribution is -2.44. The van der Waals surface area contributed by atoms with Crippen molar-refractivity contribution in [3.05, 3.63) is 35.4 Å². The van der Waals surface area contributed by atoms with Gasteiger partial charge in [0, 0.05) is 31.7 Å². The average molecular weight is 501 g/mol. The van der Waals surface area contributed by atoms with Crippen molar-refractivity contribution in [2.24, 2.45) is 10.4 Å². The summed E-state index contributed by atoms with van der Waals surface area (Å²) in [6.45, 7) is 4.61. The number of halogens is 4. The first kappa shape index (κ1) is 24.0. The lowest BCUT2D eigenvalue weighted by atomic mass is 9.84. The van der Waals surface area contributed by atoms with Gasteiger partial charge in [-0.2, -0.15) is 13.2 Å². The van der Waals surface area contributed by atoms with Crippen molar-refractivity contribution in [3.63, 3.8) is 0 Å². The van der Waals surface area contributed by atoms with Crippen LogP contribution in [0.5, 0.6) is 0 Å². The van der Waals surface area contributed by atoms with E-state index in [2.05, 4.69) is 15.6 Å². The van der Waals surface area contributed by atoms with E-state index in [1.807, 2.05) is 6.92 Å². The summed E-state index contributed by atoms with van der Waals surface area (Å²) >= 11 is 0. The normalized spacial score (nSPS) is 20.3. The molecule has 1 saturated heterocycles. The van der Waals surface area contributed by atoms with Crippen molar-refractivity contribution in [1.82, 2.24) is 10.6 Å². The highest BCUT2D eigenvalue weighted by atomic mass is 127. The molecular formula is C18H27F3IN3O2. The van der Waals surface area contributed by atoms with Crippen LogP contribution in [-0.4, -0.2) is 44.0 Å². The highest BCUT2D eigenvalue weighted by Gasteiger charge is 2.34. The van der Waals surface area contributed by atoms with Crippen LogP contribution in [0.1, 0.15) is 30.9 Å². The third kappa shape index (κ3) is 7.46. The first-order chi connectivity index (χ1) is 12.4. The van der Waals surface area contributed by atoms with Crippen molar-refractivity contribution >= 4 is 29.9 Å². The number of benzene rings is 1. The largest absolute Gasteiger partial charge is 0.416 e. The molecule has 1 aromatic carbocycles. The molecule has 0 saturated carbocycles. The summed E-state index contributed by atoms with van der Waals surface area (Å²) in [6, 6.07) is 5.18. The molecule has 0 aliphatic carbocycles. The minimum Gasteiger partial charge on any atom is -0.396 e. The Bertz CT molecular complexity index is 606. The van der Waals surface area contributed by atoms with Gasteiger partial charge in [0.2, 0.25) is 0 Å². The predicted octanol–water partition coefficient (Wildman–Crippen LogP) is 3.17. The molecule has 1 aliphatic rings. The molecule has 0 radical (unpaired) electrons. The standard InChI is InChI=1S/C18H26F3N3O2.HI/c1-2-22-16(24-12-17(6-8-25)7-9-26-13-17)23-11-14-4-3-5-15(10-14)18(19,20)21;/h3-5,10,25H,2,6-9,11-13H2,1H3,(H2,22,23,24);1H. The average Bonchev–Trinajstić information content (AvgIpc) is 3.06. The summed E-state index contributed by atoms with van der Waals surface area (Å²) in [7, 11) is 0. The van der Waals surface area contributed by atoms with E-state index in [-0.39, 0.29) is 42.5 Å². The second-order valence-electron chi connectivity index (χ2n) is 6.52. The number of alkyl halides is 3. The van der Waals surface area contributed by atoms with E-state index in [0.29, 0.717) is 44.2 Å². The zero-order chi connectivity index (χ0) is 19.0. The highest BCUT2D eigenvalue weighted by molar-refractivity contribution is 14.0. The number of rotatable bonds is 7. The molecule has 0 bridgehead atoms. The summed E-state index contributed by atoms with van der Waals surface area (Å²) in [4.78, 5) is 4.38. The Labute approximate surface area is 174 Å². The molecule has 0 amide bonds. The van der Waals surface area contributed by atoms with E-state index in [4.69, 9.17) is 4.74 Å². The maximum Gasteiger partial charge on any atom is 0.416 e. The zero-order valence-electron chi connectivity index (χ0n) is 15.3. The third-order valence-electron chi connectivity index (χ3n) is 4.48. The van der Waals surface area contributed by atoms with Gasteiger partial charge < -0.3 is 20.5 Å². The van der Waals surface area contributed by atoms with Gasteiger partial charge >= 0.3 is 6.18 Å². The summed E-state index contributed by atoms with van der Waals surface area (Å²) in [5.41, 5.74) is -0.319. The number of nitrogens with zero attached hydrogens (tertiary/aromatic N) is 1. The summed E-state index contributed by atoms with van der Waals surface area (Å²) in [5.74, 6) is 0.536. The van der Waals surface area contributed by atoms with E-state index in [0.717, 1.165) is 18.6 Å². The minimum absolute atomic E-state index is 0. The minimum atomic E-state index is -4.36. The Morgan fingerprint density at radius 3 is 2.70 bits per heavy atom. The van der Waals surface area contributed by atoms with E-state index < -0.39 is 11.7 Å². The fourth-order valence-corrected chi connectivity index (χ4v) is 2.94. The number of aliphatic imine (C=N–C) groups is 1. The fraction of sp³-hybridized carbons (Fsp3) is 0.611. The molecule has 9 heteroatoms. The first-order valence-corrected chi connectivity index (χ1v) is 8.75. The molecule has 1 unspecified atom stereocenters. The summed E-state index contributed by atoms with van der Waals surface area (Å²) in [5, 5.41) is 15.6. The van der Waals surface area contributed by atoms with Crippen LogP contribution in [0.2, 0.25) is 0 Å². The van der Waals surface area contributed by atoms with Gasteiger partial charge in [-0.3, -0.25) is 0 Å². The summed E-state index contributed by atoms with van der Waals surface area (Å²) in [6.07, 6.45) is -2.87. The number of aliphatic hydroxyl groups excluding tert-OH is 1. The van der Waals surface area contributed by atoms with E-state index in [9.17, 15) is 18.3 Å². The molecule has 0 aromatic heterocycles. The van der Waals surface area contributed by atoms with Crippen LogP contribution in [0, 0.1) is 5.41 Å². The molecule has 0 spiro atoms. The second-order valence-corrected chi connectivity index (χ2v) is 6.52. The monoisotopic (exact) mass is 501 g/mol. The van der Waals surface area contributed by atoms with Gasteiger partial charge in [0.1, 0.15) is 0 Å². The molecule has 3 N–H and O–H groups in total. The summed E-state index contributed by atoms with van der Waals surface area (Å²) < 4.78 is 43.9. The SMILES string of the molecule is CCNC(=NCc1cccc(C(F)(F)F)c1)NCC1(CCO)CCOC1.I. The van der Waals surface area contributed by atoms with Crippen molar-refractivity contribution in [2.45, 2.75) is 32.5 Å². The molecule has 1 heterocycles. The highest BCUT2D eigenvalue weighted by Crippen LogP contribution is 2.31. The van der Waals surface area contributed by atoms with Crippen LogP contribution in [0.3, 0.4) is 0 Å². The molecule has 154 valence electrons. The number of guanidine groups is 1. The van der Waals surface area contributed by atoms with Crippen LogP contribution in [0.15, 0.2) is 29.3 Å². The van der Waals surface area contributed by atoms with E-state index in [1.165, 1.54) is 6.07 Å². The number of aliphatic hydroxyl groups is 1. The Kier molecular flexibility index (Phi) is 9.82.